The zero-order chi connectivity index (χ0) is 14.3. The molecule has 2 atom stereocenters. The molecule has 2 fully saturated rings. The molecule has 0 spiro atoms. The van der Waals surface area contributed by atoms with Gasteiger partial charge in [0, 0.05) is 27.1 Å². The highest BCUT2D eigenvalue weighted by molar-refractivity contribution is 5.91. The lowest BCUT2D eigenvalue weighted by Crippen LogP contribution is -2.33. The Labute approximate surface area is 118 Å². The summed E-state index contributed by atoms with van der Waals surface area (Å²) in [6, 6.07) is -0.0809. The second-order valence-electron chi connectivity index (χ2n) is 5.86. The standard InChI is InChI=1S/C14H20N4O2/c1-10(19)16(2)13-6-15-18(9-13)14(20)17-7-11-4-3-5-12(11)8-17/h6,9,11-12H,3-5,7-8H2,1-2H3. The van der Waals surface area contributed by atoms with E-state index >= 15 is 0 Å². The molecule has 1 aliphatic heterocycles. The number of hydrogen-bond acceptors (Lipinski definition) is 3. The molecule has 20 heavy (non-hydrogen) atoms. The predicted octanol–water partition coefficient (Wildman–Crippen LogP) is 1.57. The highest BCUT2D eigenvalue weighted by atomic mass is 16.2. The van der Waals surface area contributed by atoms with Crippen molar-refractivity contribution in [2.75, 3.05) is 25.0 Å². The SMILES string of the molecule is CC(=O)N(C)c1cnn(C(=O)N2CC3CCCC3C2)c1. The van der Waals surface area contributed by atoms with E-state index < -0.39 is 0 Å². The maximum absolute atomic E-state index is 12.4. The number of fused-ring (bicyclic) bond motifs is 1. The molecule has 1 saturated heterocycles. The first kappa shape index (κ1) is 13.1. The fourth-order valence-electron chi connectivity index (χ4n) is 3.31. The molecule has 6 nitrogen and oxygen atoms in total. The Hall–Kier alpha value is -1.85. The summed E-state index contributed by atoms with van der Waals surface area (Å²) in [6.07, 6.45) is 6.96. The number of aromatic nitrogens is 2. The maximum Gasteiger partial charge on any atom is 0.344 e. The van der Waals surface area contributed by atoms with Crippen LogP contribution in [0.2, 0.25) is 0 Å². The van der Waals surface area contributed by atoms with E-state index in [0.717, 1.165) is 13.1 Å². The Morgan fingerprint density at radius 1 is 1.30 bits per heavy atom. The lowest BCUT2D eigenvalue weighted by molar-refractivity contribution is -0.116. The van der Waals surface area contributed by atoms with Crippen molar-refractivity contribution in [1.82, 2.24) is 14.7 Å². The smallest absolute Gasteiger partial charge is 0.322 e. The molecule has 0 radical (unpaired) electrons. The number of carbonyl (C=O) groups excluding carboxylic acids is 2. The van der Waals surface area contributed by atoms with Crippen molar-refractivity contribution in [3.05, 3.63) is 12.4 Å². The average Bonchev–Trinajstić information content (AvgIpc) is 3.11. The first-order chi connectivity index (χ1) is 9.56. The molecule has 0 bridgehead atoms. The third kappa shape index (κ3) is 2.19. The molecule has 6 heteroatoms. The maximum atomic E-state index is 12.4. The van der Waals surface area contributed by atoms with Crippen molar-refractivity contribution in [3.8, 4) is 0 Å². The van der Waals surface area contributed by atoms with Gasteiger partial charge in [-0.15, -0.1) is 0 Å². The normalized spacial score (nSPS) is 24.8. The Balaban J connectivity index is 1.70. The van der Waals surface area contributed by atoms with Gasteiger partial charge in [0.15, 0.2) is 0 Å². The fraction of sp³-hybridized carbons (Fsp3) is 0.643. The summed E-state index contributed by atoms with van der Waals surface area (Å²) in [6.45, 7) is 3.18. The van der Waals surface area contributed by atoms with Gasteiger partial charge in [-0.25, -0.2) is 4.79 Å². The molecule has 2 heterocycles. The molecule has 0 N–H and O–H groups in total. The van der Waals surface area contributed by atoms with Gasteiger partial charge in [-0.1, -0.05) is 6.42 Å². The molecule has 1 aromatic heterocycles. The molecule has 2 amide bonds. The minimum Gasteiger partial charge on any atom is -0.322 e. The zero-order valence-electron chi connectivity index (χ0n) is 12.0. The minimum atomic E-state index is -0.0809. The number of nitrogens with zero attached hydrogens (tertiary/aromatic N) is 4. The number of amides is 2. The third-order valence-electron chi connectivity index (χ3n) is 4.62. The van der Waals surface area contributed by atoms with E-state index in [1.807, 2.05) is 4.90 Å². The van der Waals surface area contributed by atoms with Crippen LogP contribution in [0.1, 0.15) is 26.2 Å². The van der Waals surface area contributed by atoms with Crippen LogP contribution < -0.4 is 4.90 Å². The summed E-state index contributed by atoms with van der Waals surface area (Å²) in [7, 11) is 1.68. The number of hydrogen-bond donors (Lipinski definition) is 0. The number of anilines is 1. The summed E-state index contributed by atoms with van der Waals surface area (Å²) in [5.41, 5.74) is 0.644. The van der Waals surface area contributed by atoms with Crippen molar-refractivity contribution in [3.63, 3.8) is 0 Å². The molecule has 108 valence electrons. The molecule has 1 aliphatic carbocycles. The van der Waals surface area contributed by atoms with E-state index in [0.29, 0.717) is 17.5 Å². The highest BCUT2D eigenvalue weighted by Crippen LogP contribution is 2.37. The van der Waals surface area contributed by atoms with E-state index in [9.17, 15) is 9.59 Å². The van der Waals surface area contributed by atoms with Gasteiger partial charge in [0.1, 0.15) is 0 Å². The Morgan fingerprint density at radius 3 is 2.55 bits per heavy atom. The first-order valence-corrected chi connectivity index (χ1v) is 7.14. The van der Waals surface area contributed by atoms with E-state index in [1.165, 1.54) is 35.8 Å². The van der Waals surface area contributed by atoms with Crippen molar-refractivity contribution in [1.29, 1.82) is 0 Å². The second kappa shape index (κ2) is 4.92. The van der Waals surface area contributed by atoms with Gasteiger partial charge in [-0.05, 0) is 24.7 Å². The molecule has 0 aromatic carbocycles. The van der Waals surface area contributed by atoms with E-state index in [4.69, 9.17) is 0 Å². The molecular formula is C14H20N4O2. The molecule has 3 rings (SSSR count). The monoisotopic (exact) mass is 276 g/mol. The van der Waals surface area contributed by atoms with Crippen LogP contribution in [0.5, 0.6) is 0 Å². The molecule has 1 saturated carbocycles. The van der Waals surface area contributed by atoms with Gasteiger partial charge in [-0.2, -0.15) is 9.78 Å². The summed E-state index contributed by atoms with van der Waals surface area (Å²) in [5, 5.41) is 4.09. The van der Waals surface area contributed by atoms with Crippen LogP contribution in [0.25, 0.3) is 0 Å². The van der Waals surface area contributed by atoms with Crippen LogP contribution >= 0.6 is 0 Å². The van der Waals surface area contributed by atoms with Crippen LogP contribution in [0.15, 0.2) is 12.4 Å². The fourth-order valence-corrected chi connectivity index (χ4v) is 3.31. The number of carbonyl (C=O) groups is 2. The van der Waals surface area contributed by atoms with Crippen LogP contribution in [0.4, 0.5) is 10.5 Å². The molecule has 2 aliphatic rings. The molecule has 1 aromatic rings. The van der Waals surface area contributed by atoms with Crippen LogP contribution in [0, 0.1) is 11.8 Å². The lowest BCUT2D eigenvalue weighted by Gasteiger charge is -2.16. The van der Waals surface area contributed by atoms with Gasteiger partial charge in [0.2, 0.25) is 5.91 Å². The Kier molecular flexibility index (Phi) is 3.23. The quantitative estimate of drug-likeness (QED) is 0.782. The topological polar surface area (TPSA) is 58.4 Å². The second-order valence-corrected chi connectivity index (χ2v) is 5.86. The van der Waals surface area contributed by atoms with Gasteiger partial charge in [-0.3, -0.25) is 4.79 Å². The van der Waals surface area contributed by atoms with Gasteiger partial charge in [0.05, 0.1) is 18.1 Å². The summed E-state index contributed by atoms with van der Waals surface area (Å²) in [4.78, 5) is 27.1. The van der Waals surface area contributed by atoms with Crippen molar-refractivity contribution < 1.29 is 9.59 Å². The lowest BCUT2D eigenvalue weighted by atomic mass is 10.0. The number of rotatable bonds is 1. The predicted molar refractivity (Wildman–Crippen MR) is 74.5 cm³/mol. The van der Waals surface area contributed by atoms with Crippen molar-refractivity contribution in [2.24, 2.45) is 11.8 Å². The van der Waals surface area contributed by atoms with Gasteiger partial charge < -0.3 is 9.80 Å². The van der Waals surface area contributed by atoms with E-state index in [1.54, 1.807) is 19.4 Å². The van der Waals surface area contributed by atoms with Crippen LogP contribution in [-0.2, 0) is 4.79 Å². The van der Waals surface area contributed by atoms with Crippen LogP contribution in [0.3, 0.4) is 0 Å². The Morgan fingerprint density at radius 2 is 1.95 bits per heavy atom. The summed E-state index contributed by atoms with van der Waals surface area (Å²) >= 11 is 0. The summed E-state index contributed by atoms with van der Waals surface area (Å²) < 4.78 is 1.34. The van der Waals surface area contributed by atoms with E-state index in [-0.39, 0.29) is 11.9 Å². The Bertz CT molecular complexity index is 527. The number of likely N-dealkylation sites (tertiary alicyclic amines) is 1. The van der Waals surface area contributed by atoms with Crippen LogP contribution in [-0.4, -0.2) is 46.8 Å². The largest absolute Gasteiger partial charge is 0.344 e. The van der Waals surface area contributed by atoms with Gasteiger partial charge >= 0.3 is 6.03 Å². The average molecular weight is 276 g/mol. The van der Waals surface area contributed by atoms with Gasteiger partial charge in [0.25, 0.3) is 0 Å². The zero-order valence-corrected chi connectivity index (χ0v) is 12.0. The first-order valence-electron chi connectivity index (χ1n) is 7.14. The summed E-state index contributed by atoms with van der Waals surface area (Å²) in [5.74, 6) is 1.27. The highest BCUT2D eigenvalue weighted by Gasteiger charge is 2.38. The third-order valence-corrected chi connectivity index (χ3v) is 4.62. The van der Waals surface area contributed by atoms with E-state index in [2.05, 4.69) is 5.10 Å². The minimum absolute atomic E-state index is 0.0762. The van der Waals surface area contributed by atoms with Crippen molar-refractivity contribution >= 4 is 17.6 Å². The molecular weight excluding hydrogens is 256 g/mol. The molecule has 2 unspecified atom stereocenters. The van der Waals surface area contributed by atoms with Crippen molar-refractivity contribution in [2.45, 2.75) is 26.2 Å².